The molecule has 0 aromatic carbocycles. The zero-order valence-electron chi connectivity index (χ0n) is 4.92. The Morgan fingerprint density at radius 1 is 1.88 bits per heavy atom. The second-order valence-electron chi connectivity index (χ2n) is 1.51. The van der Waals surface area contributed by atoms with Gasteiger partial charge in [0.05, 0.1) is 0 Å². The van der Waals surface area contributed by atoms with Gasteiger partial charge in [0.25, 0.3) is 0 Å². The number of nitrogens with one attached hydrogen (secondary N) is 1. The summed E-state index contributed by atoms with van der Waals surface area (Å²) in [5, 5.41) is 11.4. The molecular weight excluding hydrogens is 106 g/mol. The lowest BCUT2D eigenvalue weighted by atomic mass is 10.4. The fourth-order valence-corrected chi connectivity index (χ4v) is 0.340. The summed E-state index contributed by atoms with van der Waals surface area (Å²) >= 11 is 0. The third-order valence-corrected chi connectivity index (χ3v) is 0.761. The zero-order valence-corrected chi connectivity index (χ0v) is 4.92. The molecule has 3 nitrogen and oxygen atoms in total. The first-order chi connectivity index (χ1) is 3.81. The molecule has 0 fully saturated rings. The van der Waals surface area contributed by atoms with Crippen molar-refractivity contribution in [1.29, 1.82) is 0 Å². The zero-order chi connectivity index (χ0) is 6.41. The summed E-state index contributed by atoms with van der Waals surface area (Å²) in [6, 6.07) is 0. The Balaban J connectivity index is 2.98. The number of hydrogen-bond acceptors (Lipinski definition) is 3. The van der Waals surface area contributed by atoms with Gasteiger partial charge in [-0.1, -0.05) is 6.92 Å². The molecule has 0 heterocycles. The van der Waals surface area contributed by atoms with E-state index in [-0.39, 0.29) is 0 Å². The standard InChI is InChI=1S/C5H11NO2/c1-2-6-3-5(8)4-7/h4-6,8H,2-3H2,1H3. The number of hydrogen-bond donors (Lipinski definition) is 2. The minimum absolute atomic E-state index is 0.361. The molecule has 0 aliphatic carbocycles. The molecule has 3 heteroatoms. The van der Waals surface area contributed by atoms with Gasteiger partial charge >= 0.3 is 0 Å². The fourth-order valence-electron chi connectivity index (χ4n) is 0.340. The van der Waals surface area contributed by atoms with E-state index < -0.39 is 6.10 Å². The second-order valence-corrected chi connectivity index (χ2v) is 1.51. The van der Waals surface area contributed by atoms with Crippen LogP contribution in [0.1, 0.15) is 6.92 Å². The topological polar surface area (TPSA) is 49.3 Å². The molecular formula is C5H11NO2. The summed E-state index contributed by atoms with van der Waals surface area (Å²) in [4.78, 5) is 9.72. The smallest absolute Gasteiger partial charge is 0.149 e. The highest BCUT2D eigenvalue weighted by Gasteiger charge is 1.96. The lowest BCUT2D eigenvalue weighted by Gasteiger charge is -2.00. The minimum atomic E-state index is -0.838. The third-order valence-electron chi connectivity index (χ3n) is 0.761. The molecule has 0 saturated heterocycles. The molecule has 48 valence electrons. The predicted molar refractivity (Wildman–Crippen MR) is 30.6 cm³/mol. The molecule has 1 unspecified atom stereocenters. The Morgan fingerprint density at radius 3 is 2.88 bits per heavy atom. The predicted octanol–water partition coefficient (Wildman–Crippen LogP) is -0.844. The molecule has 0 spiro atoms. The summed E-state index contributed by atoms with van der Waals surface area (Å²) in [6.07, 6.45) is -0.321. The van der Waals surface area contributed by atoms with E-state index in [9.17, 15) is 4.79 Å². The van der Waals surface area contributed by atoms with Crippen LogP contribution in [0.25, 0.3) is 0 Å². The van der Waals surface area contributed by atoms with Crippen molar-refractivity contribution in [3.05, 3.63) is 0 Å². The van der Waals surface area contributed by atoms with E-state index >= 15 is 0 Å². The van der Waals surface area contributed by atoms with Crippen molar-refractivity contribution in [2.45, 2.75) is 13.0 Å². The molecule has 0 aromatic rings. The lowest BCUT2D eigenvalue weighted by Crippen LogP contribution is -2.27. The first-order valence-electron chi connectivity index (χ1n) is 2.65. The van der Waals surface area contributed by atoms with E-state index in [1.165, 1.54) is 0 Å². The Hall–Kier alpha value is -0.410. The quantitative estimate of drug-likeness (QED) is 0.472. The van der Waals surface area contributed by atoms with Gasteiger partial charge in [0.1, 0.15) is 12.4 Å². The SMILES string of the molecule is CCNCC(O)C=O. The maximum Gasteiger partial charge on any atom is 0.149 e. The Kier molecular flexibility index (Phi) is 4.50. The second kappa shape index (κ2) is 4.74. The minimum Gasteiger partial charge on any atom is -0.384 e. The average molecular weight is 117 g/mol. The molecule has 0 amide bonds. The molecule has 0 aliphatic rings. The van der Waals surface area contributed by atoms with E-state index in [0.29, 0.717) is 12.8 Å². The van der Waals surface area contributed by atoms with Crippen LogP contribution in [0.4, 0.5) is 0 Å². The number of rotatable bonds is 4. The summed E-state index contributed by atoms with van der Waals surface area (Å²) in [5.41, 5.74) is 0. The number of aliphatic hydroxyl groups is 1. The first-order valence-corrected chi connectivity index (χ1v) is 2.65. The van der Waals surface area contributed by atoms with Crippen molar-refractivity contribution in [2.24, 2.45) is 0 Å². The van der Waals surface area contributed by atoms with Crippen LogP contribution >= 0.6 is 0 Å². The molecule has 0 radical (unpaired) electrons. The highest BCUT2D eigenvalue weighted by atomic mass is 16.3. The summed E-state index contributed by atoms with van der Waals surface area (Å²) in [6.45, 7) is 3.06. The van der Waals surface area contributed by atoms with Gasteiger partial charge in [-0.05, 0) is 6.54 Å². The van der Waals surface area contributed by atoms with Gasteiger partial charge < -0.3 is 15.2 Å². The van der Waals surface area contributed by atoms with E-state index in [2.05, 4.69) is 5.32 Å². The summed E-state index contributed by atoms with van der Waals surface area (Å²) in [7, 11) is 0. The average Bonchev–Trinajstić information content (AvgIpc) is 1.83. The molecule has 0 bridgehead atoms. The van der Waals surface area contributed by atoms with Gasteiger partial charge in [0.15, 0.2) is 0 Å². The molecule has 0 rings (SSSR count). The number of carbonyl (C=O) groups is 1. The van der Waals surface area contributed by atoms with Crippen molar-refractivity contribution in [1.82, 2.24) is 5.32 Å². The normalized spacial score (nSPS) is 13.2. The fraction of sp³-hybridized carbons (Fsp3) is 0.800. The van der Waals surface area contributed by atoms with Gasteiger partial charge in [-0.25, -0.2) is 0 Å². The van der Waals surface area contributed by atoms with Crippen molar-refractivity contribution >= 4 is 6.29 Å². The summed E-state index contributed by atoms with van der Waals surface area (Å²) < 4.78 is 0. The van der Waals surface area contributed by atoms with Crippen LogP contribution in [-0.4, -0.2) is 30.6 Å². The van der Waals surface area contributed by atoms with E-state index in [0.717, 1.165) is 6.54 Å². The molecule has 0 saturated carbocycles. The van der Waals surface area contributed by atoms with Gasteiger partial charge in [-0.2, -0.15) is 0 Å². The van der Waals surface area contributed by atoms with Crippen molar-refractivity contribution < 1.29 is 9.90 Å². The monoisotopic (exact) mass is 117 g/mol. The molecule has 1 atom stereocenters. The van der Waals surface area contributed by atoms with Crippen molar-refractivity contribution in [3.63, 3.8) is 0 Å². The summed E-state index contributed by atoms with van der Waals surface area (Å²) in [5.74, 6) is 0. The van der Waals surface area contributed by atoms with Gasteiger partial charge in [0.2, 0.25) is 0 Å². The van der Waals surface area contributed by atoms with Crippen molar-refractivity contribution in [3.8, 4) is 0 Å². The molecule has 2 N–H and O–H groups in total. The van der Waals surface area contributed by atoms with Crippen LogP contribution in [0, 0.1) is 0 Å². The van der Waals surface area contributed by atoms with E-state index in [1.807, 2.05) is 6.92 Å². The highest BCUT2D eigenvalue weighted by Crippen LogP contribution is 1.69. The van der Waals surface area contributed by atoms with Crippen LogP contribution < -0.4 is 5.32 Å². The van der Waals surface area contributed by atoms with Crippen LogP contribution in [0.2, 0.25) is 0 Å². The molecule has 8 heavy (non-hydrogen) atoms. The van der Waals surface area contributed by atoms with Crippen LogP contribution in [0.5, 0.6) is 0 Å². The van der Waals surface area contributed by atoms with E-state index in [4.69, 9.17) is 5.11 Å². The van der Waals surface area contributed by atoms with Crippen LogP contribution in [-0.2, 0) is 4.79 Å². The molecule has 0 aliphatic heterocycles. The number of likely N-dealkylation sites (N-methyl/N-ethyl adjacent to an activating group) is 1. The number of aldehydes is 1. The van der Waals surface area contributed by atoms with Gasteiger partial charge in [-0.15, -0.1) is 0 Å². The Bertz CT molecular complexity index is 65.4. The molecule has 0 aromatic heterocycles. The number of carbonyl (C=O) groups excluding carboxylic acids is 1. The van der Waals surface area contributed by atoms with Crippen LogP contribution in [0.3, 0.4) is 0 Å². The van der Waals surface area contributed by atoms with Gasteiger partial charge in [0, 0.05) is 6.54 Å². The Labute approximate surface area is 48.7 Å². The third kappa shape index (κ3) is 3.77. The largest absolute Gasteiger partial charge is 0.384 e. The van der Waals surface area contributed by atoms with E-state index in [1.54, 1.807) is 0 Å². The maximum absolute atomic E-state index is 9.72. The highest BCUT2D eigenvalue weighted by molar-refractivity contribution is 5.55. The van der Waals surface area contributed by atoms with Crippen LogP contribution in [0.15, 0.2) is 0 Å². The number of aliphatic hydroxyl groups excluding tert-OH is 1. The maximum atomic E-state index is 9.72. The van der Waals surface area contributed by atoms with Gasteiger partial charge in [-0.3, -0.25) is 0 Å². The lowest BCUT2D eigenvalue weighted by molar-refractivity contribution is -0.114. The first kappa shape index (κ1) is 7.59. The van der Waals surface area contributed by atoms with Crippen molar-refractivity contribution in [2.75, 3.05) is 13.1 Å². The Morgan fingerprint density at radius 2 is 2.50 bits per heavy atom.